The van der Waals surface area contributed by atoms with E-state index in [9.17, 15) is 13.2 Å². The van der Waals surface area contributed by atoms with Crippen molar-refractivity contribution in [3.63, 3.8) is 0 Å². The van der Waals surface area contributed by atoms with Crippen molar-refractivity contribution in [2.24, 2.45) is 0 Å². The van der Waals surface area contributed by atoms with Gasteiger partial charge in [0.2, 0.25) is 10.0 Å². The Labute approximate surface area is 219 Å². The number of anilines is 1. The number of methoxy groups -OCH3 is 2. The fourth-order valence-corrected chi connectivity index (χ4v) is 6.27. The van der Waals surface area contributed by atoms with Crippen LogP contribution in [-0.4, -0.2) is 75.5 Å². The van der Waals surface area contributed by atoms with Crippen molar-refractivity contribution < 1.29 is 22.7 Å². The SMILES string of the molecule is CCN1CCN(S(=O)(=O)c2ccc(Cl)c(C(=O)Nc3nc(-c4cc(OC)ccc4OC)cs3)c2)CC1. The highest BCUT2D eigenvalue weighted by atomic mass is 35.5. The lowest BCUT2D eigenvalue weighted by Gasteiger charge is -2.33. The number of thiazole rings is 1. The summed E-state index contributed by atoms with van der Waals surface area (Å²) in [6.45, 7) is 5.06. The largest absolute Gasteiger partial charge is 0.497 e. The number of piperazine rings is 1. The first kappa shape index (κ1) is 26.4. The summed E-state index contributed by atoms with van der Waals surface area (Å²) in [4.78, 5) is 19.8. The van der Waals surface area contributed by atoms with Gasteiger partial charge in [-0.2, -0.15) is 4.31 Å². The van der Waals surface area contributed by atoms with Crippen LogP contribution in [0.3, 0.4) is 0 Å². The Bertz CT molecular complexity index is 1350. The third kappa shape index (κ3) is 5.50. The fraction of sp³-hybridized carbons (Fsp3) is 0.333. The Morgan fingerprint density at radius 1 is 1.11 bits per heavy atom. The summed E-state index contributed by atoms with van der Waals surface area (Å²) in [5.74, 6) is 0.705. The van der Waals surface area contributed by atoms with E-state index in [2.05, 4.69) is 15.2 Å². The molecule has 1 aliphatic rings. The van der Waals surface area contributed by atoms with E-state index in [4.69, 9.17) is 21.1 Å². The zero-order chi connectivity index (χ0) is 25.9. The van der Waals surface area contributed by atoms with Gasteiger partial charge in [0.05, 0.1) is 35.4 Å². The lowest BCUT2D eigenvalue weighted by atomic mass is 10.1. The number of carbonyl (C=O) groups excluding carboxylic acids is 1. The summed E-state index contributed by atoms with van der Waals surface area (Å²) in [6.07, 6.45) is 0. The second-order valence-electron chi connectivity index (χ2n) is 8.04. The molecular formula is C24H27ClN4O5S2. The van der Waals surface area contributed by atoms with Crippen LogP contribution in [0.15, 0.2) is 46.7 Å². The highest BCUT2D eigenvalue weighted by Crippen LogP contribution is 2.35. The Balaban J connectivity index is 1.55. The van der Waals surface area contributed by atoms with Crippen molar-refractivity contribution >= 4 is 44.0 Å². The molecule has 0 atom stereocenters. The van der Waals surface area contributed by atoms with Crippen molar-refractivity contribution in [1.29, 1.82) is 0 Å². The lowest BCUT2D eigenvalue weighted by molar-refractivity contribution is 0.102. The van der Waals surface area contributed by atoms with Gasteiger partial charge in [-0.15, -0.1) is 11.3 Å². The molecule has 1 aliphatic heterocycles. The Kier molecular flexibility index (Phi) is 8.16. The maximum atomic E-state index is 13.2. The molecular weight excluding hydrogens is 524 g/mol. The van der Waals surface area contributed by atoms with Crippen LogP contribution in [0.2, 0.25) is 5.02 Å². The Hall–Kier alpha value is -2.70. The number of aromatic nitrogens is 1. The minimum Gasteiger partial charge on any atom is -0.497 e. The van der Waals surface area contributed by atoms with Gasteiger partial charge < -0.3 is 14.4 Å². The second kappa shape index (κ2) is 11.1. The molecule has 0 bridgehead atoms. The van der Waals surface area contributed by atoms with Crippen LogP contribution in [0.5, 0.6) is 11.5 Å². The number of nitrogens with one attached hydrogen (secondary N) is 1. The summed E-state index contributed by atoms with van der Waals surface area (Å²) in [5.41, 5.74) is 1.36. The van der Waals surface area contributed by atoms with Gasteiger partial charge in [0.25, 0.3) is 5.91 Å². The number of amides is 1. The first-order chi connectivity index (χ1) is 17.3. The summed E-state index contributed by atoms with van der Waals surface area (Å²) in [6, 6.07) is 9.53. The predicted octanol–water partition coefficient (Wildman–Crippen LogP) is 4.06. The smallest absolute Gasteiger partial charge is 0.259 e. The number of sulfonamides is 1. The number of carbonyl (C=O) groups is 1. The summed E-state index contributed by atoms with van der Waals surface area (Å²) in [5, 5.41) is 4.99. The fourth-order valence-electron chi connectivity index (χ4n) is 3.91. The zero-order valence-corrected chi connectivity index (χ0v) is 22.5. The van der Waals surface area contributed by atoms with Crippen LogP contribution in [0.4, 0.5) is 5.13 Å². The molecule has 1 amide bonds. The van der Waals surface area contributed by atoms with Gasteiger partial charge in [-0.25, -0.2) is 13.4 Å². The first-order valence-electron chi connectivity index (χ1n) is 11.3. The highest BCUT2D eigenvalue weighted by molar-refractivity contribution is 7.89. The summed E-state index contributed by atoms with van der Waals surface area (Å²) in [7, 11) is -0.623. The number of rotatable bonds is 8. The molecule has 2 heterocycles. The molecule has 36 heavy (non-hydrogen) atoms. The van der Waals surface area contributed by atoms with Crippen LogP contribution in [0, 0.1) is 0 Å². The van der Waals surface area contributed by atoms with E-state index in [0.717, 1.165) is 6.54 Å². The monoisotopic (exact) mass is 550 g/mol. The predicted molar refractivity (Wildman–Crippen MR) is 141 cm³/mol. The number of hydrogen-bond acceptors (Lipinski definition) is 8. The number of nitrogens with zero attached hydrogens (tertiary/aromatic N) is 3. The molecule has 0 saturated carbocycles. The van der Waals surface area contributed by atoms with Gasteiger partial charge >= 0.3 is 0 Å². The molecule has 1 N–H and O–H groups in total. The van der Waals surface area contributed by atoms with Gasteiger partial charge in [0.1, 0.15) is 11.5 Å². The highest BCUT2D eigenvalue weighted by Gasteiger charge is 2.29. The van der Waals surface area contributed by atoms with Crippen molar-refractivity contribution in [2.75, 3.05) is 52.3 Å². The van der Waals surface area contributed by atoms with Gasteiger partial charge in [-0.1, -0.05) is 18.5 Å². The minimum absolute atomic E-state index is 0.0305. The molecule has 1 aromatic heterocycles. The number of halogens is 1. The number of benzene rings is 2. The van der Waals surface area contributed by atoms with E-state index in [1.54, 1.807) is 37.8 Å². The average Bonchev–Trinajstić information content (AvgIpc) is 3.36. The van der Waals surface area contributed by atoms with Crippen LogP contribution in [0.25, 0.3) is 11.3 Å². The average molecular weight is 551 g/mol. The van der Waals surface area contributed by atoms with E-state index in [1.807, 2.05) is 6.92 Å². The molecule has 3 aromatic rings. The Morgan fingerprint density at radius 3 is 2.53 bits per heavy atom. The molecule has 0 aliphatic carbocycles. The molecule has 2 aromatic carbocycles. The molecule has 4 rings (SSSR count). The van der Waals surface area contributed by atoms with Crippen LogP contribution in [-0.2, 0) is 10.0 Å². The van der Waals surface area contributed by atoms with Gasteiger partial charge in [0.15, 0.2) is 5.13 Å². The van der Waals surface area contributed by atoms with Crippen molar-refractivity contribution in [1.82, 2.24) is 14.2 Å². The van der Waals surface area contributed by atoms with Crippen LogP contribution >= 0.6 is 22.9 Å². The lowest BCUT2D eigenvalue weighted by Crippen LogP contribution is -2.48. The molecule has 192 valence electrons. The quantitative estimate of drug-likeness (QED) is 0.451. The minimum atomic E-state index is -3.76. The third-order valence-corrected chi connectivity index (χ3v) is 8.99. The molecule has 0 radical (unpaired) electrons. The van der Waals surface area contributed by atoms with Gasteiger partial charge in [0, 0.05) is 37.1 Å². The van der Waals surface area contributed by atoms with E-state index in [-0.39, 0.29) is 15.5 Å². The molecule has 12 heteroatoms. The topological polar surface area (TPSA) is 101 Å². The molecule has 1 saturated heterocycles. The first-order valence-corrected chi connectivity index (χ1v) is 14.0. The molecule has 0 unspecified atom stereocenters. The molecule has 1 fully saturated rings. The third-order valence-electron chi connectivity index (χ3n) is 6.01. The maximum absolute atomic E-state index is 13.2. The van der Waals surface area contributed by atoms with E-state index in [0.29, 0.717) is 54.1 Å². The molecule has 9 nitrogen and oxygen atoms in total. The zero-order valence-electron chi connectivity index (χ0n) is 20.2. The maximum Gasteiger partial charge on any atom is 0.259 e. The standard InChI is InChI=1S/C24H27ClN4O5S2/c1-4-28-9-11-29(12-10-28)36(31,32)17-6-7-20(25)18(14-17)23(30)27-24-26-21(15-35-24)19-13-16(33-2)5-8-22(19)34-3/h5-8,13-15H,4,9-12H2,1-3H3,(H,26,27,30). The normalized spacial score (nSPS) is 15.0. The van der Waals surface area contributed by atoms with Gasteiger partial charge in [-0.3, -0.25) is 10.1 Å². The van der Waals surface area contributed by atoms with E-state index >= 15 is 0 Å². The van der Waals surface area contributed by atoms with Crippen LogP contribution < -0.4 is 14.8 Å². The Morgan fingerprint density at radius 2 is 1.86 bits per heavy atom. The summed E-state index contributed by atoms with van der Waals surface area (Å²) < 4.78 is 38.6. The van der Waals surface area contributed by atoms with Crippen LogP contribution in [0.1, 0.15) is 17.3 Å². The van der Waals surface area contributed by atoms with Gasteiger partial charge in [-0.05, 0) is 42.9 Å². The molecule has 0 spiro atoms. The number of likely N-dealkylation sites (N-methyl/N-ethyl adjacent to an activating group) is 1. The number of hydrogen-bond donors (Lipinski definition) is 1. The van der Waals surface area contributed by atoms with E-state index in [1.165, 1.54) is 33.8 Å². The second-order valence-corrected chi connectivity index (χ2v) is 11.2. The summed E-state index contributed by atoms with van der Waals surface area (Å²) >= 11 is 7.51. The van der Waals surface area contributed by atoms with Crippen molar-refractivity contribution in [2.45, 2.75) is 11.8 Å². The van der Waals surface area contributed by atoms with Crippen molar-refractivity contribution in [3.05, 3.63) is 52.4 Å². The number of ether oxygens (including phenoxy) is 2. The van der Waals surface area contributed by atoms with Crippen molar-refractivity contribution in [3.8, 4) is 22.8 Å². The van der Waals surface area contributed by atoms with E-state index < -0.39 is 15.9 Å².